The van der Waals surface area contributed by atoms with Gasteiger partial charge in [-0.25, -0.2) is 0 Å². The van der Waals surface area contributed by atoms with E-state index in [0.29, 0.717) is 12.1 Å². The van der Waals surface area contributed by atoms with Gasteiger partial charge in [-0.05, 0) is 37.9 Å². The van der Waals surface area contributed by atoms with Gasteiger partial charge in [0.1, 0.15) is 0 Å². The van der Waals surface area contributed by atoms with Gasteiger partial charge < -0.3 is 10.2 Å². The Hall–Kier alpha value is -1.02. The monoisotopic (exact) mass is 274 g/mol. The van der Waals surface area contributed by atoms with E-state index in [1.54, 1.807) is 0 Å². The van der Waals surface area contributed by atoms with E-state index >= 15 is 0 Å². The van der Waals surface area contributed by atoms with Gasteiger partial charge in [0, 0.05) is 24.8 Å². The van der Waals surface area contributed by atoms with E-state index in [4.69, 9.17) is 0 Å². The van der Waals surface area contributed by atoms with Gasteiger partial charge in [0.2, 0.25) is 0 Å². The van der Waals surface area contributed by atoms with Gasteiger partial charge in [-0.3, -0.25) is 0 Å². The number of para-hydroxylation sites is 1. The predicted molar refractivity (Wildman–Crippen MR) is 88.4 cm³/mol. The van der Waals surface area contributed by atoms with Crippen molar-refractivity contribution in [3.8, 4) is 0 Å². The van der Waals surface area contributed by atoms with Crippen LogP contribution in [0.1, 0.15) is 64.0 Å². The normalized spacial score (nSPS) is 18.6. The van der Waals surface area contributed by atoms with Crippen molar-refractivity contribution < 1.29 is 0 Å². The van der Waals surface area contributed by atoms with E-state index in [2.05, 4.69) is 55.4 Å². The number of hydrogen-bond donors (Lipinski definition) is 1. The SMILES string of the molecule is CCNC(C)c1ccccc1N(C)C1CCCCCC1. The van der Waals surface area contributed by atoms with Crippen molar-refractivity contribution in [1.82, 2.24) is 5.32 Å². The summed E-state index contributed by atoms with van der Waals surface area (Å²) in [6.45, 7) is 5.46. The highest BCUT2D eigenvalue weighted by Crippen LogP contribution is 2.30. The van der Waals surface area contributed by atoms with Gasteiger partial charge in [0.15, 0.2) is 0 Å². The van der Waals surface area contributed by atoms with Crippen LogP contribution in [-0.4, -0.2) is 19.6 Å². The largest absolute Gasteiger partial charge is 0.371 e. The zero-order chi connectivity index (χ0) is 14.4. The molecule has 112 valence electrons. The molecule has 0 aromatic heterocycles. The smallest absolute Gasteiger partial charge is 0.0414 e. The fourth-order valence-corrected chi connectivity index (χ4v) is 3.43. The molecule has 1 aliphatic rings. The molecule has 1 atom stereocenters. The molecule has 2 nitrogen and oxygen atoms in total. The molecule has 1 fully saturated rings. The summed E-state index contributed by atoms with van der Waals surface area (Å²) in [5.74, 6) is 0. The molecule has 0 spiro atoms. The first-order valence-corrected chi connectivity index (χ1v) is 8.29. The summed E-state index contributed by atoms with van der Waals surface area (Å²) >= 11 is 0. The fourth-order valence-electron chi connectivity index (χ4n) is 3.43. The maximum atomic E-state index is 3.55. The lowest BCUT2D eigenvalue weighted by atomic mass is 10.0. The molecule has 0 aliphatic heterocycles. The lowest BCUT2D eigenvalue weighted by molar-refractivity contribution is 0.544. The highest BCUT2D eigenvalue weighted by molar-refractivity contribution is 5.55. The van der Waals surface area contributed by atoms with E-state index in [9.17, 15) is 0 Å². The summed E-state index contributed by atoms with van der Waals surface area (Å²) in [7, 11) is 2.29. The lowest BCUT2D eigenvalue weighted by Gasteiger charge is -2.32. The van der Waals surface area contributed by atoms with Crippen molar-refractivity contribution in [2.75, 3.05) is 18.5 Å². The van der Waals surface area contributed by atoms with E-state index in [0.717, 1.165) is 6.54 Å². The molecule has 0 heterocycles. The van der Waals surface area contributed by atoms with Crippen LogP contribution < -0.4 is 10.2 Å². The van der Waals surface area contributed by atoms with Crippen LogP contribution in [0.4, 0.5) is 5.69 Å². The maximum absolute atomic E-state index is 3.55. The van der Waals surface area contributed by atoms with Gasteiger partial charge in [-0.2, -0.15) is 0 Å². The molecule has 20 heavy (non-hydrogen) atoms. The van der Waals surface area contributed by atoms with Crippen molar-refractivity contribution in [2.45, 2.75) is 64.5 Å². The molecule has 1 saturated carbocycles. The number of nitrogens with one attached hydrogen (secondary N) is 1. The third kappa shape index (κ3) is 3.76. The molecule has 1 aliphatic carbocycles. The topological polar surface area (TPSA) is 15.3 Å². The third-order valence-corrected chi connectivity index (χ3v) is 4.67. The number of hydrogen-bond acceptors (Lipinski definition) is 2. The standard InChI is InChI=1S/C18H30N2/c1-4-19-15(2)17-13-9-10-14-18(17)20(3)16-11-7-5-6-8-12-16/h9-10,13-16,19H,4-8,11-12H2,1-3H3. The molecule has 1 aromatic carbocycles. The summed E-state index contributed by atoms with van der Waals surface area (Å²) in [5.41, 5.74) is 2.84. The van der Waals surface area contributed by atoms with Crippen molar-refractivity contribution >= 4 is 5.69 Å². The van der Waals surface area contributed by atoms with Crippen LogP contribution in [0.25, 0.3) is 0 Å². The highest BCUT2D eigenvalue weighted by Gasteiger charge is 2.20. The molecular weight excluding hydrogens is 244 g/mol. The first kappa shape index (κ1) is 15.4. The third-order valence-electron chi connectivity index (χ3n) is 4.67. The lowest BCUT2D eigenvalue weighted by Crippen LogP contribution is -2.32. The van der Waals surface area contributed by atoms with Crippen LogP contribution in [0.15, 0.2) is 24.3 Å². The first-order valence-electron chi connectivity index (χ1n) is 8.29. The quantitative estimate of drug-likeness (QED) is 0.794. The Morgan fingerprint density at radius 3 is 2.45 bits per heavy atom. The number of nitrogens with zero attached hydrogens (tertiary/aromatic N) is 1. The average molecular weight is 274 g/mol. The van der Waals surface area contributed by atoms with Crippen LogP contribution >= 0.6 is 0 Å². The van der Waals surface area contributed by atoms with E-state index < -0.39 is 0 Å². The van der Waals surface area contributed by atoms with Crippen LogP contribution in [0.2, 0.25) is 0 Å². The highest BCUT2D eigenvalue weighted by atomic mass is 15.1. The number of anilines is 1. The Labute approximate surface area is 124 Å². The van der Waals surface area contributed by atoms with Crippen LogP contribution in [0.3, 0.4) is 0 Å². The Balaban J connectivity index is 2.17. The second kappa shape index (κ2) is 7.68. The van der Waals surface area contributed by atoms with Gasteiger partial charge in [0.25, 0.3) is 0 Å². The minimum absolute atomic E-state index is 0.421. The second-order valence-electron chi connectivity index (χ2n) is 6.09. The molecule has 2 rings (SSSR count). The molecule has 0 radical (unpaired) electrons. The summed E-state index contributed by atoms with van der Waals surface area (Å²) in [5, 5.41) is 3.55. The molecule has 0 bridgehead atoms. The van der Waals surface area contributed by atoms with Gasteiger partial charge >= 0.3 is 0 Å². The molecule has 1 unspecified atom stereocenters. The molecule has 1 N–H and O–H groups in total. The summed E-state index contributed by atoms with van der Waals surface area (Å²) in [4.78, 5) is 2.54. The van der Waals surface area contributed by atoms with Crippen LogP contribution in [-0.2, 0) is 0 Å². The minimum atomic E-state index is 0.421. The van der Waals surface area contributed by atoms with Crippen molar-refractivity contribution in [3.63, 3.8) is 0 Å². The van der Waals surface area contributed by atoms with Crippen molar-refractivity contribution in [3.05, 3.63) is 29.8 Å². The molecule has 1 aromatic rings. The van der Waals surface area contributed by atoms with Crippen molar-refractivity contribution in [1.29, 1.82) is 0 Å². The average Bonchev–Trinajstić information content (AvgIpc) is 2.76. The van der Waals surface area contributed by atoms with Crippen LogP contribution in [0, 0.1) is 0 Å². The predicted octanol–water partition coefficient (Wildman–Crippen LogP) is 4.52. The van der Waals surface area contributed by atoms with E-state index in [-0.39, 0.29) is 0 Å². The summed E-state index contributed by atoms with van der Waals surface area (Å²) in [6.07, 6.45) is 8.31. The Kier molecular flexibility index (Phi) is 5.90. The summed E-state index contributed by atoms with van der Waals surface area (Å²) in [6, 6.07) is 10.0. The summed E-state index contributed by atoms with van der Waals surface area (Å²) < 4.78 is 0. The Bertz CT molecular complexity index is 394. The zero-order valence-electron chi connectivity index (χ0n) is 13.4. The molecule has 0 saturated heterocycles. The van der Waals surface area contributed by atoms with Crippen molar-refractivity contribution in [2.24, 2.45) is 0 Å². The fraction of sp³-hybridized carbons (Fsp3) is 0.667. The van der Waals surface area contributed by atoms with Gasteiger partial charge in [0.05, 0.1) is 0 Å². The molecular formula is C18H30N2. The van der Waals surface area contributed by atoms with E-state index in [1.807, 2.05) is 0 Å². The number of benzene rings is 1. The maximum Gasteiger partial charge on any atom is 0.0414 e. The van der Waals surface area contributed by atoms with Gasteiger partial charge in [-0.15, -0.1) is 0 Å². The molecule has 2 heteroatoms. The Morgan fingerprint density at radius 2 is 1.80 bits per heavy atom. The number of rotatable bonds is 5. The van der Waals surface area contributed by atoms with Gasteiger partial charge in [-0.1, -0.05) is 50.8 Å². The first-order chi connectivity index (χ1) is 9.74. The van der Waals surface area contributed by atoms with E-state index in [1.165, 1.54) is 49.8 Å². The zero-order valence-corrected chi connectivity index (χ0v) is 13.4. The van der Waals surface area contributed by atoms with Crippen LogP contribution in [0.5, 0.6) is 0 Å². The minimum Gasteiger partial charge on any atom is -0.371 e. The molecule has 0 amide bonds. The Morgan fingerprint density at radius 1 is 1.15 bits per heavy atom. The second-order valence-corrected chi connectivity index (χ2v) is 6.09.